The molecule has 0 aliphatic heterocycles. The van der Waals surface area contributed by atoms with E-state index in [-0.39, 0.29) is 5.92 Å². The molecule has 96 valence electrons. The summed E-state index contributed by atoms with van der Waals surface area (Å²) in [6, 6.07) is 10.0. The fraction of sp³-hybridized carbons (Fsp3) is 0.429. The quantitative estimate of drug-likeness (QED) is 0.878. The second kappa shape index (κ2) is 5.78. The summed E-state index contributed by atoms with van der Waals surface area (Å²) in [4.78, 5) is 4.44. The predicted octanol–water partition coefficient (Wildman–Crippen LogP) is 2.36. The van der Waals surface area contributed by atoms with Crippen molar-refractivity contribution in [1.82, 2.24) is 10.1 Å². The van der Waals surface area contributed by atoms with Gasteiger partial charge in [0.25, 0.3) is 0 Å². The summed E-state index contributed by atoms with van der Waals surface area (Å²) in [5.41, 5.74) is 6.93. The van der Waals surface area contributed by atoms with Crippen molar-refractivity contribution in [2.45, 2.75) is 26.2 Å². The molecule has 1 aromatic carbocycles. The monoisotopic (exact) mass is 245 g/mol. The van der Waals surface area contributed by atoms with Crippen molar-refractivity contribution < 1.29 is 4.52 Å². The summed E-state index contributed by atoms with van der Waals surface area (Å²) in [7, 11) is 0. The third kappa shape index (κ3) is 2.96. The first-order valence-electron chi connectivity index (χ1n) is 6.28. The van der Waals surface area contributed by atoms with Gasteiger partial charge in [0.2, 0.25) is 5.89 Å². The Labute approximate surface area is 107 Å². The van der Waals surface area contributed by atoms with Crippen LogP contribution in [0.3, 0.4) is 0 Å². The van der Waals surface area contributed by atoms with Crippen molar-refractivity contribution in [2.75, 3.05) is 6.54 Å². The van der Waals surface area contributed by atoms with E-state index in [1.165, 1.54) is 0 Å². The van der Waals surface area contributed by atoms with E-state index < -0.39 is 0 Å². The molecule has 0 saturated carbocycles. The average Bonchev–Trinajstić information content (AvgIpc) is 2.79. The van der Waals surface area contributed by atoms with Crippen molar-refractivity contribution in [3.05, 3.63) is 47.6 Å². The van der Waals surface area contributed by atoms with Crippen LogP contribution in [0.5, 0.6) is 0 Å². The first kappa shape index (κ1) is 12.8. The molecule has 1 atom stereocenters. The van der Waals surface area contributed by atoms with Gasteiger partial charge in [-0.05, 0) is 11.5 Å². The summed E-state index contributed by atoms with van der Waals surface area (Å²) in [5, 5.41) is 4.01. The molecule has 0 radical (unpaired) electrons. The Kier molecular flexibility index (Phi) is 4.10. The molecule has 1 heterocycles. The number of hydrogen-bond acceptors (Lipinski definition) is 4. The van der Waals surface area contributed by atoms with Gasteiger partial charge in [-0.3, -0.25) is 0 Å². The molecule has 2 aromatic rings. The van der Waals surface area contributed by atoms with Crippen molar-refractivity contribution in [3.8, 4) is 0 Å². The highest BCUT2D eigenvalue weighted by Gasteiger charge is 2.19. The number of hydrogen-bond donors (Lipinski definition) is 1. The Bertz CT molecular complexity index is 479. The van der Waals surface area contributed by atoms with Gasteiger partial charge in [-0.15, -0.1) is 0 Å². The van der Waals surface area contributed by atoms with Crippen LogP contribution in [0.25, 0.3) is 0 Å². The minimum absolute atomic E-state index is 0.0142. The molecule has 2 N–H and O–H groups in total. The lowest BCUT2D eigenvalue weighted by Gasteiger charge is -2.09. The van der Waals surface area contributed by atoms with Gasteiger partial charge in [-0.25, -0.2) is 0 Å². The smallest absolute Gasteiger partial charge is 0.235 e. The summed E-state index contributed by atoms with van der Waals surface area (Å²) in [5.74, 6) is 1.87. The predicted molar refractivity (Wildman–Crippen MR) is 70.2 cm³/mol. The Morgan fingerprint density at radius 2 is 1.94 bits per heavy atom. The lowest BCUT2D eigenvalue weighted by Crippen LogP contribution is -2.14. The van der Waals surface area contributed by atoms with Gasteiger partial charge < -0.3 is 10.3 Å². The number of aromatic nitrogens is 2. The van der Waals surface area contributed by atoms with Crippen LogP contribution in [0.15, 0.2) is 34.9 Å². The molecule has 0 amide bonds. The van der Waals surface area contributed by atoms with Crippen LogP contribution in [-0.4, -0.2) is 16.7 Å². The topological polar surface area (TPSA) is 64.9 Å². The highest BCUT2D eigenvalue weighted by Crippen LogP contribution is 2.22. The van der Waals surface area contributed by atoms with E-state index in [1.54, 1.807) is 0 Å². The molecular formula is C14H19N3O. The van der Waals surface area contributed by atoms with E-state index in [0.717, 1.165) is 17.8 Å². The number of rotatable bonds is 5. The molecule has 0 aliphatic carbocycles. The molecule has 0 aliphatic rings. The fourth-order valence-electron chi connectivity index (χ4n) is 1.92. The highest BCUT2D eigenvalue weighted by molar-refractivity contribution is 5.24. The third-order valence-corrected chi connectivity index (χ3v) is 2.81. The van der Waals surface area contributed by atoms with Crippen molar-refractivity contribution in [2.24, 2.45) is 11.7 Å². The Morgan fingerprint density at radius 1 is 1.22 bits per heavy atom. The zero-order chi connectivity index (χ0) is 13.0. The summed E-state index contributed by atoms with van der Waals surface area (Å²) in [6.07, 6.45) is 0.829. The molecule has 4 nitrogen and oxygen atoms in total. The average molecular weight is 245 g/mol. The maximum absolute atomic E-state index is 5.82. The van der Waals surface area contributed by atoms with Gasteiger partial charge in [0.1, 0.15) is 0 Å². The Morgan fingerprint density at radius 3 is 2.56 bits per heavy atom. The van der Waals surface area contributed by atoms with E-state index in [9.17, 15) is 0 Å². The lowest BCUT2D eigenvalue weighted by molar-refractivity contribution is 0.360. The van der Waals surface area contributed by atoms with E-state index in [4.69, 9.17) is 10.3 Å². The van der Waals surface area contributed by atoms with Gasteiger partial charge in [0.15, 0.2) is 5.82 Å². The normalized spacial score (nSPS) is 12.9. The van der Waals surface area contributed by atoms with Crippen LogP contribution in [0, 0.1) is 5.92 Å². The van der Waals surface area contributed by atoms with Crippen LogP contribution in [0.4, 0.5) is 0 Å². The summed E-state index contributed by atoms with van der Waals surface area (Å²) < 4.78 is 5.33. The van der Waals surface area contributed by atoms with E-state index in [2.05, 4.69) is 24.0 Å². The third-order valence-electron chi connectivity index (χ3n) is 2.81. The second-order valence-corrected chi connectivity index (χ2v) is 4.85. The fourth-order valence-corrected chi connectivity index (χ4v) is 1.92. The van der Waals surface area contributed by atoms with Crippen molar-refractivity contribution in [3.63, 3.8) is 0 Å². The maximum atomic E-state index is 5.82. The number of nitrogens with zero attached hydrogens (tertiary/aromatic N) is 2. The standard InChI is InChI=1S/C14H19N3O/c1-10(2)8-13-16-14(18-17-13)12(9-15)11-6-4-3-5-7-11/h3-7,10,12H,8-9,15H2,1-2H3. The van der Waals surface area contributed by atoms with Crippen LogP contribution in [0.1, 0.15) is 37.0 Å². The maximum Gasteiger partial charge on any atom is 0.235 e. The highest BCUT2D eigenvalue weighted by atomic mass is 16.5. The van der Waals surface area contributed by atoms with Crippen molar-refractivity contribution >= 4 is 0 Å². The van der Waals surface area contributed by atoms with E-state index in [1.807, 2.05) is 30.3 Å². The van der Waals surface area contributed by atoms with Crippen LogP contribution >= 0.6 is 0 Å². The molecule has 4 heteroatoms. The molecule has 18 heavy (non-hydrogen) atoms. The van der Waals surface area contributed by atoms with Crippen LogP contribution < -0.4 is 5.73 Å². The molecule has 1 aromatic heterocycles. The first-order valence-corrected chi connectivity index (χ1v) is 6.28. The summed E-state index contributed by atoms with van der Waals surface area (Å²) >= 11 is 0. The van der Waals surface area contributed by atoms with Gasteiger partial charge in [-0.2, -0.15) is 4.98 Å². The molecule has 0 bridgehead atoms. The molecule has 0 saturated heterocycles. The van der Waals surface area contributed by atoms with Crippen molar-refractivity contribution in [1.29, 1.82) is 0 Å². The molecule has 1 unspecified atom stereocenters. The minimum atomic E-state index is -0.0142. The first-order chi connectivity index (χ1) is 8.70. The Hall–Kier alpha value is -1.68. The lowest BCUT2D eigenvalue weighted by atomic mass is 9.99. The molecule has 0 fully saturated rings. The van der Waals surface area contributed by atoms with Crippen LogP contribution in [-0.2, 0) is 6.42 Å². The number of nitrogens with two attached hydrogens (primary N) is 1. The molecule has 0 spiro atoms. The van der Waals surface area contributed by atoms with E-state index in [0.29, 0.717) is 18.4 Å². The van der Waals surface area contributed by atoms with Gasteiger partial charge in [-0.1, -0.05) is 49.3 Å². The SMILES string of the molecule is CC(C)Cc1noc(C(CN)c2ccccc2)n1. The zero-order valence-electron chi connectivity index (χ0n) is 10.8. The summed E-state index contributed by atoms with van der Waals surface area (Å²) in [6.45, 7) is 4.73. The molecule has 2 rings (SSSR count). The van der Waals surface area contributed by atoms with Gasteiger partial charge >= 0.3 is 0 Å². The zero-order valence-corrected chi connectivity index (χ0v) is 10.8. The molecular weight excluding hydrogens is 226 g/mol. The minimum Gasteiger partial charge on any atom is -0.339 e. The van der Waals surface area contributed by atoms with Crippen LogP contribution in [0.2, 0.25) is 0 Å². The second-order valence-electron chi connectivity index (χ2n) is 4.85. The Balaban J connectivity index is 2.20. The van der Waals surface area contributed by atoms with E-state index >= 15 is 0 Å². The largest absolute Gasteiger partial charge is 0.339 e. The number of benzene rings is 1. The van der Waals surface area contributed by atoms with Gasteiger partial charge in [0, 0.05) is 13.0 Å². The van der Waals surface area contributed by atoms with Gasteiger partial charge in [0.05, 0.1) is 5.92 Å².